The van der Waals surface area contributed by atoms with Crippen molar-refractivity contribution >= 4 is 113 Å². The van der Waals surface area contributed by atoms with Gasteiger partial charge in [0.15, 0.2) is 0 Å². The van der Waals surface area contributed by atoms with Gasteiger partial charge in [-0.05, 0) is 102 Å². The molecule has 0 aliphatic heterocycles. The molecule has 0 spiro atoms. The number of thiophene rings is 2. The Morgan fingerprint density at radius 3 is 1.70 bits per heavy atom. The predicted molar refractivity (Wildman–Crippen MR) is 219 cm³/mol. The van der Waals surface area contributed by atoms with E-state index in [0.29, 0.717) is 0 Å². The molecule has 0 aliphatic carbocycles. The molecule has 0 saturated heterocycles. The van der Waals surface area contributed by atoms with Crippen molar-refractivity contribution < 1.29 is 0 Å². The molecule has 0 unspecified atom stereocenters. The molecule has 0 fully saturated rings. The predicted octanol–water partition coefficient (Wildman–Crippen LogP) is 14.1. The molecular weight excluding hydrogens is 645 g/mol. The number of para-hydroxylation sites is 2. The molecule has 3 aromatic heterocycles. The zero-order valence-corrected chi connectivity index (χ0v) is 28.5. The summed E-state index contributed by atoms with van der Waals surface area (Å²) in [4.78, 5) is 2.44. The van der Waals surface area contributed by atoms with Gasteiger partial charge < -0.3 is 9.47 Å². The summed E-state index contributed by atoms with van der Waals surface area (Å²) in [6.45, 7) is 0. The van der Waals surface area contributed by atoms with Crippen LogP contribution in [0.3, 0.4) is 0 Å². The minimum Gasteiger partial charge on any atom is -0.310 e. The number of aromatic nitrogens is 1. The number of hydrogen-bond donors (Lipinski definition) is 0. The first kappa shape index (κ1) is 28.0. The average molecular weight is 673 g/mol. The van der Waals surface area contributed by atoms with Gasteiger partial charge in [0.2, 0.25) is 0 Å². The van der Waals surface area contributed by atoms with Gasteiger partial charge in [0.1, 0.15) is 0 Å². The summed E-state index contributed by atoms with van der Waals surface area (Å²) in [6.07, 6.45) is 0. The first-order valence-electron chi connectivity index (χ1n) is 16.9. The zero-order chi connectivity index (χ0) is 32.8. The third-order valence-corrected chi connectivity index (χ3v) is 12.4. The summed E-state index contributed by atoms with van der Waals surface area (Å²) >= 11 is 3.74. The Morgan fingerprint density at radius 1 is 0.340 bits per heavy atom. The van der Waals surface area contributed by atoms with Crippen molar-refractivity contribution in [2.24, 2.45) is 0 Å². The summed E-state index contributed by atoms with van der Waals surface area (Å²) < 4.78 is 7.66. The van der Waals surface area contributed by atoms with Gasteiger partial charge in [0, 0.05) is 73.9 Å². The van der Waals surface area contributed by atoms with Crippen LogP contribution in [0.4, 0.5) is 17.1 Å². The van der Waals surface area contributed by atoms with Crippen molar-refractivity contribution in [1.29, 1.82) is 0 Å². The van der Waals surface area contributed by atoms with Crippen LogP contribution in [0.2, 0.25) is 0 Å². The Morgan fingerprint density at radius 2 is 0.900 bits per heavy atom. The van der Waals surface area contributed by atoms with Crippen LogP contribution in [0.25, 0.3) is 78.6 Å². The van der Waals surface area contributed by atoms with Crippen molar-refractivity contribution in [3.05, 3.63) is 170 Å². The SMILES string of the molecule is c1ccc(-n2c3ccccc3c3cc(N(c4ccc5cc6c(cc5c4)sc4ccccc46)c4ccc5sc6ccccc6c5c4)ccc32)cc1. The highest BCUT2D eigenvalue weighted by Crippen LogP contribution is 2.44. The lowest BCUT2D eigenvalue weighted by Crippen LogP contribution is -2.10. The van der Waals surface area contributed by atoms with Crippen LogP contribution in [0.5, 0.6) is 0 Å². The fourth-order valence-electron chi connectivity index (χ4n) is 7.85. The fourth-order valence-corrected chi connectivity index (χ4v) is 10.1. The monoisotopic (exact) mass is 672 g/mol. The van der Waals surface area contributed by atoms with E-state index in [4.69, 9.17) is 0 Å². The molecule has 0 atom stereocenters. The highest BCUT2D eigenvalue weighted by molar-refractivity contribution is 7.26. The van der Waals surface area contributed by atoms with Crippen LogP contribution in [0, 0.1) is 0 Å². The van der Waals surface area contributed by atoms with E-state index in [-0.39, 0.29) is 0 Å². The van der Waals surface area contributed by atoms with Crippen molar-refractivity contribution in [3.8, 4) is 5.69 Å². The van der Waals surface area contributed by atoms with Crippen molar-refractivity contribution in [1.82, 2.24) is 4.57 Å². The van der Waals surface area contributed by atoms with Gasteiger partial charge in [0.25, 0.3) is 0 Å². The molecule has 50 heavy (non-hydrogen) atoms. The third kappa shape index (κ3) is 4.19. The standard InChI is InChI=1S/C46H28N2S2/c1-2-10-31(11-3-1)48-41-15-7-4-12-35(41)38-27-33(20-22-42(38)48)47(34-21-23-45-40(28-34)37-14-6-8-16-43(37)49-45)32-19-18-29-25-39-36-13-5-9-17-44(36)50-46(39)26-30(29)24-32/h1-28H. The van der Waals surface area contributed by atoms with E-state index >= 15 is 0 Å². The Hall–Kier alpha value is -5.94. The molecule has 4 heteroatoms. The largest absolute Gasteiger partial charge is 0.310 e. The van der Waals surface area contributed by atoms with Crippen molar-refractivity contribution in [2.75, 3.05) is 4.90 Å². The van der Waals surface area contributed by atoms with Crippen LogP contribution < -0.4 is 4.90 Å². The smallest absolute Gasteiger partial charge is 0.0542 e. The molecule has 0 N–H and O–H groups in total. The van der Waals surface area contributed by atoms with E-state index in [9.17, 15) is 0 Å². The Balaban J connectivity index is 1.16. The summed E-state index contributed by atoms with van der Waals surface area (Å²) in [5.74, 6) is 0. The summed E-state index contributed by atoms with van der Waals surface area (Å²) in [7, 11) is 0. The molecule has 8 aromatic carbocycles. The van der Waals surface area contributed by atoms with Gasteiger partial charge >= 0.3 is 0 Å². The molecule has 234 valence electrons. The van der Waals surface area contributed by atoms with Gasteiger partial charge in [-0.25, -0.2) is 0 Å². The summed E-state index contributed by atoms with van der Waals surface area (Å²) in [5, 5.41) is 10.3. The number of fused-ring (bicyclic) bond motifs is 10. The van der Waals surface area contributed by atoms with Gasteiger partial charge in [-0.2, -0.15) is 0 Å². The normalized spacial score (nSPS) is 12.0. The van der Waals surface area contributed by atoms with Crippen molar-refractivity contribution in [2.45, 2.75) is 0 Å². The van der Waals surface area contributed by atoms with Crippen LogP contribution >= 0.6 is 22.7 Å². The lowest BCUT2D eigenvalue weighted by Gasteiger charge is -2.26. The molecule has 0 amide bonds. The van der Waals surface area contributed by atoms with E-state index in [1.807, 2.05) is 22.7 Å². The Kier molecular flexibility index (Phi) is 6.03. The van der Waals surface area contributed by atoms with Gasteiger partial charge in [-0.15, -0.1) is 22.7 Å². The molecule has 0 bridgehead atoms. The molecule has 0 radical (unpaired) electrons. The molecule has 0 aliphatic rings. The van der Waals surface area contributed by atoms with Gasteiger partial charge in [0.05, 0.1) is 11.0 Å². The van der Waals surface area contributed by atoms with Crippen LogP contribution in [0.15, 0.2) is 170 Å². The number of anilines is 3. The highest BCUT2D eigenvalue weighted by Gasteiger charge is 2.19. The topological polar surface area (TPSA) is 8.17 Å². The maximum Gasteiger partial charge on any atom is 0.0542 e. The van der Waals surface area contributed by atoms with E-state index < -0.39 is 0 Å². The van der Waals surface area contributed by atoms with Crippen LogP contribution in [-0.4, -0.2) is 4.57 Å². The minimum absolute atomic E-state index is 1.13. The maximum absolute atomic E-state index is 2.44. The average Bonchev–Trinajstić information content (AvgIpc) is 3.83. The molecule has 11 rings (SSSR count). The van der Waals surface area contributed by atoms with Gasteiger partial charge in [-0.1, -0.05) is 78.9 Å². The second-order valence-corrected chi connectivity index (χ2v) is 15.1. The summed E-state index contributed by atoms with van der Waals surface area (Å²) in [5.41, 5.74) is 7.00. The Labute approximate surface area is 296 Å². The lowest BCUT2D eigenvalue weighted by molar-refractivity contribution is 1.18. The summed E-state index contributed by atoms with van der Waals surface area (Å²) in [6, 6.07) is 62.6. The number of hydrogen-bond acceptors (Lipinski definition) is 3. The zero-order valence-electron chi connectivity index (χ0n) is 26.9. The van der Waals surface area contributed by atoms with E-state index in [2.05, 4.69) is 179 Å². The first-order valence-corrected chi connectivity index (χ1v) is 18.6. The van der Waals surface area contributed by atoms with E-state index in [1.54, 1.807) is 0 Å². The van der Waals surface area contributed by atoms with Crippen LogP contribution in [0.1, 0.15) is 0 Å². The fraction of sp³-hybridized carbons (Fsp3) is 0. The number of benzene rings is 8. The molecule has 0 saturated carbocycles. The van der Waals surface area contributed by atoms with E-state index in [1.165, 1.54) is 78.6 Å². The molecule has 11 aromatic rings. The second-order valence-electron chi connectivity index (χ2n) is 13.0. The minimum atomic E-state index is 1.13. The second kappa shape index (κ2) is 10.8. The van der Waals surface area contributed by atoms with Crippen molar-refractivity contribution in [3.63, 3.8) is 0 Å². The highest BCUT2D eigenvalue weighted by atomic mass is 32.1. The quantitative estimate of drug-likeness (QED) is 0.181. The first-order chi connectivity index (χ1) is 24.8. The molecular formula is C46H28N2S2. The molecule has 3 heterocycles. The lowest BCUT2D eigenvalue weighted by atomic mass is 10.0. The number of nitrogens with zero attached hydrogens (tertiary/aromatic N) is 2. The van der Waals surface area contributed by atoms with Crippen LogP contribution in [-0.2, 0) is 0 Å². The van der Waals surface area contributed by atoms with Gasteiger partial charge in [-0.3, -0.25) is 0 Å². The molecule has 2 nitrogen and oxygen atoms in total. The third-order valence-electron chi connectivity index (χ3n) is 10.1. The van der Waals surface area contributed by atoms with E-state index in [0.717, 1.165) is 17.1 Å². The number of rotatable bonds is 4. The Bertz CT molecular complexity index is 3110. The maximum atomic E-state index is 2.44.